The highest BCUT2D eigenvalue weighted by Crippen LogP contribution is 2.34. The molecule has 1 aromatic heterocycles. The Morgan fingerprint density at radius 3 is 2.87 bits per heavy atom. The van der Waals surface area contributed by atoms with E-state index in [-0.39, 0.29) is 5.96 Å². The second-order valence-electron chi connectivity index (χ2n) is 4.07. The molecule has 0 spiro atoms. The van der Waals surface area contributed by atoms with Gasteiger partial charge in [-0.1, -0.05) is 27.7 Å². The summed E-state index contributed by atoms with van der Waals surface area (Å²) in [6.07, 6.45) is 3.70. The van der Waals surface area contributed by atoms with Crippen LogP contribution in [0.25, 0.3) is 11.3 Å². The third-order valence-electron chi connectivity index (χ3n) is 2.53. The molecule has 0 saturated carbocycles. The fraction of sp³-hybridized carbons (Fsp3) is 0.0769. The van der Waals surface area contributed by atoms with Gasteiger partial charge in [0.25, 0.3) is 0 Å². The molecule has 0 saturated heterocycles. The zero-order valence-electron chi connectivity index (χ0n) is 11.9. The lowest BCUT2D eigenvalue weighted by atomic mass is 10.1. The van der Waals surface area contributed by atoms with E-state index in [9.17, 15) is 0 Å². The van der Waals surface area contributed by atoms with Crippen molar-refractivity contribution in [2.75, 3.05) is 6.26 Å². The largest absolute Gasteiger partial charge is 0.370 e. The third-order valence-corrected chi connectivity index (χ3v) is 4.54. The molecule has 118 valence electrons. The molecular weight excluding hydrogens is 398 g/mol. The average molecular weight is 410 g/mol. The van der Waals surface area contributed by atoms with Gasteiger partial charge in [-0.15, -0.1) is 11.3 Å². The molecule has 1 aromatic carbocycles. The minimum atomic E-state index is -0.0319. The second-order valence-corrected chi connectivity index (χ2v) is 6.56. The minimum absolute atomic E-state index is 0.0319. The first-order chi connectivity index (χ1) is 11.0. The average Bonchev–Trinajstić information content (AvgIpc) is 2.96. The molecule has 10 heteroatoms. The second kappa shape index (κ2) is 7.96. The Bertz CT molecular complexity index is 803. The fourth-order valence-corrected chi connectivity index (χ4v) is 3.12. The van der Waals surface area contributed by atoms with E-state index < -0.39 is 0 Å². The fourth-order valence-electron chi connectivity index (χ4n) is 1.62. The highest BCUT2D eigenvalue weighted by Gasteiger charge is 2.09. The maximum atomic E-state index is 8.69. The monoisotopic (exact) mass is 409 g/mol. The van der Waals surface area contributed by atoms with Crippen molar-refractivity contribution >= 4 is 61.0 Å². The summed E-state index contributed by atoms with van der Waals surface area (Å²) in [7, 11) is 0. The Morgan fingerprint density at radius 1 is 1.43 bits per heavy atom. The Labute approximate surface area is 149 Å². The Morgan fingerprint density at radius 2 is 2.22 bits per heavy atom. The molecule has 0 atom stereocenters. The van der Waals surface area contributed by atoms with Gasteiger partial charge in [-0.3, -0.25) is 5.32 Å². The van der Waals surface area contributed by atoms with Crippen molar-refractivity contribution in [3.8, 4) is 17.5 Å². The van der Waals surface area contributed by atoms with Crippen molar-refractivity contribution < 1.29 is 0 Å². The number of hydrogen-bond acceptors (Lipinski definition) is 6. The van der Waals surface area contributed by atoms with Crippen LogP contribution in [-0.2, 0) is 0 Å². The van der Waals surface area contributed by atoms with E-state index in [0.717, 1.165) is 15.7 Å². The standard InChI is InChI=1S/C13H12BrN7S2/c1-22-12(18-6-15)19-7-2-3-9(14)8(4-7)10-5-23-13(20-10)21-11(16)17/h2-5H,1H3,(H,18,19)(H4,16,17,20,21). The summed E-state index contributed by atoms with van der Waals surface area (Å²) in [6, 6.07) is 5.58. The first kappa shape index (κ1) is 17.3. The molecule has 0 aliphatic rings. The number of hydrogen-bond donors (Lipinski definition) is 3. The summed E-state index contributed by atoms with van der Waals surface area (Å²) < 4.78 is 0.872. The topological polar surface area (TPSA) is 125 Å². The van der Waals surface area contributed by atoms with E-state index >= 15 is 0 Å². The van der Waals surface area contributed by atoms with Crippen molar-refractivity contribution in [3.05, 3.63) is 28.1 Å². The van der Waals surface area contributed by atoms with Crippen molar-refractivity contribution in [2.45, 2.75) is 0 Å². The van der Waals surface area contributed by atoms with Crippen LogP contribution in [0.1, 0.15) is 0 Å². The third kappa shape index (κ3) is 4.69. The number of amidine groups is 1. The van der Waals surface area contributed by atoms with Crippen LogP contribution in [-0.4, -0.2) is 22.4 Å². The predicted molar refractivity (Wildman–Crippen MR) is 100 cm³/mol. The van der Waals surface area contributed by atoms with Gasteiger partial charge in [-0.05, 0) is 24.5 Å². The number of nitrogens with two attached hydrogens (primary N) is 2. The van der Waals surface area contributed by atoms with Crippen molar-refractivity contribution in [3.63, 3.8) is 0 Å². The van der Waals surface area contributed by atoms with Crippen LogP contribution in [0.3, 0.4) is 0 Å². The van der Waals surface area contributed by atoms with Gasteiger partial charge in [0.15, 0.2) is 17.3 Å². The zero-order chi connectivity index (χ0) is 16.8. The number of nitrogens with zero attached hydrogens (tertiary/aromatic N) is 4. The molecule has 0 amide bonds. The molecule has 23 heavy (non-hydrogen) atoms. The van der Waals surface area contributed by atoms with E-state index in [1.807, 2.05) is 36.0 Å². The lowest BCUT2D eigenvalue weighted by molar-refractivity contribution is 1.28. The Balaban J connectivity index is 2.40. The van der Waals surface area contributed by atoms with E-state index in [1.54, 1.807) is 0 Å². The molecule has 0 fully saturated rings. The van der Waals surface area contributed by atoms with Gasteiger partial charge in [0.1, 0.15) is 0 Å². The molecule has 0 unspecified atom stereocenters. The molecule has 0 bridgehead atoms. The first-order valence-corrected chi connectivity index (χ1v) is 9.06. The highest BCUT2D eigenvalue weighted by atomic mass is 79.9. The number of thiazole rings is 1. The van der Waals surface area contributed by atoms with Gasteiger partial charge in [0, 0.05) is 15.4 Å². The lowest BCUT2D eigenvalue weighted by Crippen LogP contribution is -2.21. The van der Waals surface area contributed by atoms with Gasteiger partial charge >= 0.3 is 0 Å². The van der Waals surface area contributed by atoms with Crippen LogP contribution in [0, 0.1) is 11.5 Å². The van der Waals surface area contributed by atoms with Crippen molar-refractivity contribution in [1.29, 1.82) is 5.26 Å². The van der Waals surface area contributed by atoms with E-state index in [2.05, 4.69) is 36.2 Å². The van der Waals surface area contributed by atoms with Crippen LogP contribution >= 0.6 is 39.0 Å². The molecule has 0 radical (unpaired) electrons. The molecule has 1 heterocycles. The lowest BCUT2D eigenvalue weighted by Gasteiger charge is -2.04. The number of thioether (sulfide) groups is 1. The number of benzene rings is 1. The minimum Gasteiger partial charge on any atom is -0.370 e. The number of nitrogens with one attached hydrogen (secondary N) is 1. The highest BCUT2D eigenvalue weighted by molar-refractivity contribution is 9.10. The summed E-state index contributed by atoms with van der Waals surface area (Å²) in [6.45, 7) is 0. The normalized spacial score (nSPS) is 10.9. The van der Waals surface area contributed by atoms with Crippen LogP contribution in [0.5, 0.6) is 0 Å². The van der Waals surface area contributed by atoms with E-state index in [4.69, 9.17) is 16.7 Å². The molecule has 7 nitrogen and oxygen atoms in total. The quantitative estimate of drug-likeness (QED) is 0.309. The molecule has 0 aliphatic heterocycles. The van der Waals surface area contributed by atoms with Gasteiger partial charge < -0.3 is 11.5 Å². The van der Waals surface area contributed by atoms with Crippen LogP contribution in [0.15, 0.2) is 38.0 Å². The molecular formula is C13H12BrN7S2. The van der Waals surface area contributed by atoms with Gasteiger partial charge in [-0.2, -0.15) is 10.3 Å². The number of aromatic nitrogens is 1. The number of aliphatic imine (C=N–C) groups is 2. The first-order valence-electron chi connectivity index (χ1n) is 6.16. The van der Waals surface area contributed by atoms with Crippen LogP contribution in [0.2, 0.25) is 0 Å². The van der Waals surface area contributed by atoms with E-state index in [0.29, 0.717) is 16.0 Å². The smallest absolute Gasteiger partial charge is 0.212 e. The molecule has 0 aliphatic carbocycles. The summed E-state index contributed by atoms with van der Waals surface area (Å²) >= 11 is 6.19. The summed E-state index contributed by atoms with van der Waals surface area (Å²) in [5, 5.41) is 14.1. The number of guanidine groups is 1. The number of nitriles is 1. The summed E-state index contributed by atoms with van der Waals surface area (Å²) in [5.74, 6) is -0.0319. The maximum Gasteiger partial charge on any atom is 0.212 e. The number of rotatable bonds is 3. The zero-order valence-corrected chi connectivity index (χ0v) is 15.2. The molecule has 2 aromatic rings. The summed E-state index contributed by atoms with van der Waals surface area (Å²) in [4.78, 5) is 12.7. The molecule has 5 N–H and O–H groups in total. The van der Waals surface area contributed by atoms with E-state index in [1.165, 1.54) is 23.1 Å². The van der Waals surface area contributed by atoms with Crippen molar-refractivity contribution in [1.82, 2.24) is 10.3 Å². The Kier molecular flexibility index (Phi) is 5.97. The molecule has 2 rings (SSSR count). The van der Waals surface area contributed by atoms with Crippen LogP contribution < -0.4 is 16.8 Å². The summed E-state index contributed by atoms with van der Waals surface area (Å²) in [5.41, 5.74) is 13.0. The number of halogens is 1. The van der Waals surface area contributed by atoms with Crippen LogP contribution in [0.4, 0.5) is 10.8 Å². The maximum absolute atomic E-state index is 8.69. The SMILES string of the molecule is CSC(=Nc1ccc(Br)c(-c2csc(N=C(N)N)n2)c1)NC#N. The van der Waals surface area contributed by atoms with Crippen molar-refractivity contribution in [2.24, 2.45) is 21.5 Å². The van der Waals surface area contributed by atoms with Gasteiger partial charge in [-0.25, -0.2) is 9.98 Å². The predicted octanol–water partition coefficient (Wildman–Crippen LogP) is 2.90. The van der Waals surface area contributed by atoms with Gasteiger partial charge in [0.2, 0.25) is 5.13 Å². The van der Waals surface area contributed by atoms with Gasteiger partial charge in [0.05, 0.1) is 11.4 Å². The Hall–Kier alpha value is -2.09.